The van der Waals surface area contributed by atoms with Crippen LogP contribution in [0.5, 0.6) is 0 Å². The summed E-state index contributed by atoms with van der Waals surface area (Å²) in [6.45, 7) is 5.64. The highest BCUT2D eigenvalue weighted by molar-refractivity contribution is 5.89. The average molecular weight is 236 g/mol. The number of nitrogens with one attached hydrogen (secondary N) is 2. The van der Waals surface area contributed by atoms with Gasteiger partial charge in [-0.05, 0) is 32.4 Å². The first-order chi connectivity index (χ1) is 7.99. The van der Waals surface area contributed by atoms with Gasteiger partial charge in [-0.25, -0.2) is 4.79 Å². The second kappa shape index (κ2) is 5.68. The lowest BCUT2D eigenvalue weighted by Crippen LogP contribution is -2.50. The van der Waals surface area contributed by atoms with E-state index in [2.05, 4.69) is 10.6 Å². The van der Waals surface area contributed by atoms with Crippen molar-refractivity contribution >= 4 is 11.7 Å². The Bertz CT molecular complexity index is 370. The molecule has 0 saturated carbocycles. The normalized spacial score (nSPS) is 13.9. The lowest BCUT2D eigenvalue weighted by molar-refractivity contribution is 0.172. The molecule has 0 aliphatic rings. The number of aliphatic hydroxyl groups excluding tert-OH is 1. The van der Waals surface area contributed by atoms with Gasteiger partial charge in [0.15, 0.2) is 0 Å². The molecule has 3 N–H and O–H groups in total. The summed E-state index contributed by atoms with van der Waals surface area (Å²) in [4.78, 5) is 11.7. The molecule has 0 aliphatic carbocycles. The molecule has 0 aliphatic heterocycles. The molecule has 1 unspecified atom stereocenters. The lowest BCUT2D eigenvalue weighted by atomic mass is 10.0. The summed E-state index contributed by atoms with van der Waals surface area (Å²) in [7, 11) is 0. The summed E-state index contributed by atoms with van der Waals surface area (Å²) < 4.78 is 0. The number of amides is 2. The van der Waals surface area contributed by atoms with Crippen molar-refractivity contribution in [3.05, 3.63) is 29.8 Å². The maximum atomic E-state index is 11.7. The highest BCUT2D eigenvalue weighted by Gasteiger charge is 2.22. The fourth-order valence-electron chi connectivity index (χ4n) is 1.31. The third-order valence-corrected chi connectivity index (χ3v) is 2.85. The van der Waals surface area contributed by atoms with E-state index < -0.39 is 5.54 Å². The number of urea groups is 1. The van der Waals surface area contributed by atoms with Crippen LogP contribution >= 0.6 is 0 Å². The predicted octanol–water partition coefficient (Wildman–Crippen LogP) is 2.28. The van der Waals surface area contributed by atoms with Gasteiger partial charge in [0.1, 0.15) is 0 Å². The van der Waals surface area contributed by atoms with E-state index in [-0.39, 0.29) is 12.6 Å². The zero-order chi connectivity index (χ0) is 12.9. The number of hydrogen-bond acceptors (Lipinski definition) is 2. The number of benzene rings is 1. The Labute approximate surface area is 102 Å². The summed E-state index contributed by atoms with van der Waals surface area (Å²) >= 11 is 0. The fourth-order valence-corrected chi connectivity index (χ4v) is 1.31. The second-order valence-electron chi connectivity index (χ2n) is 4.52. The molecule has 0 aromatic heterocycles. The molecular formula is C13H20N2O2. The minimum atomic E-state index is -0.575. The van der Waals surface area contributed by atoms with Crippen LogP contribution in [0.1, 0.15) is 25.8 Å². The smallest absolute Gasteiger partial charge is 0.319 e. The van der Waals surface area contributed by atoms with Gasteiger partial charge in [-0.1, -0.05) is 24.6 Å². The van der Waals surface area contributed by atoms with E-state index in [1.165, 1.54) is 0 Å². The number of hydrogen-bond donors (Lipinski definition) is 3. The summed E-state index contributed by atoms with van der Waals surface area (Å²) in [6, 6.07) is 7.25. The van der Waals surface area contributed by atoms with Crippen molar-refractivity contribution < 1.29 is 9.90 Å². The number of rotatable bonds is 4. The number of aryl methyl sites for hydroxylation is 1. The maximum absolute atomic E-state index is 11.7. The van der Waals surface area contributed by atoms with Crippen molar-refractivity contribution in [3.8, 4) is 0 Å². The first-order valence-electron chi connectivity index (χ1n) is 5.76. The molecule has 0 spiro atoms. The summed E-state index contributed by atoms with van der Waals surface area (Å²) in [5.41, 5.74) is 1.31. The molecule has 0 saturated heterocycles. The highest BCUT2D eigenvalue weighted by Crippen LogP contribution is 2.11. The number of anilines is 1. The molecule has 0 bridgehead atoms. The second-order valence-corrected chi connectivity index (χ2v) is 4.52. The molecule has 1 atom stereocenters. The van der Waals surface area contributed by atoms with Crippen LogP contribution < -0.4 is 10.6 Å². The first kappa shape index (κ1) is 13.5. The van der Waals surface area contributed by atoms with E-state index in [1.54, 1.807) is 0 Å². The SMILES string of the molecule is CCC(C)(CO)NC(=O)Nc1ccc(C)cc1. The van der Waals surface area contributed by atoms with E-state index in [0.717, 1.165) is 11.3 Å². The summed E-state index contributed by atoms with van der Waals surface area (Å²) in [5.74, 6) is 0. The highest BCUT2D eigenvalue weighted by atomic mass is 16.3. The zero-order valence-corrected chi connectivity index (χ0v) is 10.6. The van der Waals surface area contributed by atoms with Crippen molar-refractivity contribution in [1.29, 1.82) is 0 Å². The zero-order valence-electron chi connectivity index (χ0n) is 10.6. The third-order valence-electron chi connectivity index (χ3n) is 2.85. The van der Waals surface area contributed by atoms with Crippen LogP contribution in [0.3, 0.4) is 0 Å². The van der Waals surface area contributed by atoms with Gasteiger partial charge in [-0.2, -0.15) is 0 Å². The molecule has 1 aromatic rings. The van der Waals surface area contributed by atoms with Crippen molar-refractivity contribution in [3.63, 3.8) is 0 Å². The van der Waals surface area contributed by atoms with Gasteiger partial charge < -0.3 is 15.7 Å². The van der Waals surface area contributed by atoms with Crippen molar-refractivity contribution in [1.82, 2.24) is 5.32 Å². The largest absolute Gasteiger partial charge is 0.394 e. The molecule has 17 heavy (non-hydrogen) atoms. The van der Waals surface area contributed by atoms with Crippen molar-refractivity contribution in [2.24, 2.45) is 0 Å². The van der Waals surface area contributed by atoms with Crippen LogP contribution in [-0.4, -0.2) is 23.3 Å². The summed E-state index contributed by atoms with van der Waals surface area (Å²) in [6.07, 6.45) is 0.671. The summed E-state index contributed by atoms with van der Waals surface area (Å²) in [5, 5.41) is 14.7. The van der Waals surface area contributed by atoms with Crippen LogP contribution in [0.4, 0.5) is 10.5 Å². The maximum Gasteiger partial charge on any atom is 0.319 e. The molecule has 1 aromatic carbocycles. The Kier molecular flexibility index (Phi) is 4.52. The van der Waals surface area contributed by atoms with Gasteiger partial charge in [0, 0.05) is 5.69 Å². The molecular weight excluding hydrogens is 216 g/mol. The fraction of sp³-hybridized carbons (Fsp3) is 0.462. The third kappa shape index (κ3) is 4.07. The Morgan fingerprint density at radius 3 is 2.41 bits per heavy atom. The van der Waals surface area contributed by atoms with Gasteiger partial charge in [-0.3, -0.25) is 0 Å². The van der Waals surface area contributed by atoms with Gasteiger partial charge in [-0.15, -0.1) is 0 Å². The van der Waals surface area contributed by atoms with Gasteiger partial charge in [0.2, 0.25) is 0 Å². The molecule has 4 heteroatoms. The van der Waals surface area contributed by atoms with E-state index in [1.807, 2.05) is 45.0 Å². The van der Waals surface area contributed by atoms with Crippen LogP contribution in [0.25, 0.3) is 0 Å². The van der Waals surface area contributed by atoms with Crippen molar-refractivity contribution in [2.75, 3.05) is 11.9 Å². The Morgan fingerprint density at radius 1 is 1.35 bits per heavy atom. The molecule has 0 fully saturated rings. The van der Waals surface area contributed by atoms with E-state index in [4.69, 9.17) is 0 Å². The minimum Gasteiger partial charge on any atom is -0.394 e. The van der Waals surface area contributed by atoms with E-state index in [9.17, 15) is 9.90 Å². The lowest BCUT2D eigenvalue weighted by Gasteiger charge is -2.27. The molecule has 94 valence electrons. The topological polar surface area (TPSA) is 61.4 Å². The molecule has 2 amide bonds. The van der Waals surface area contributed by atoms with Crippen LogP contribution in [0.15, 0.2) is 24.3 Å². The van der Waals surface area contributed by atoms with Gasteiger partial charge >= 0.3 is 6.03 Å². The monoisotopic (exact) mass is 236 g/mol. The Balaban J connectivity index is 2.58. The van der Waals surface area contributed by atoms with Crippen molar-refractivity contribution in [2.45, 2.75) is 32.7 Å². The van der Waals surface area contributed by atoms with Gasteiger partial charge in [0.05, 0.1) is 12.1 Å². The molecule has 4 nitrogen and oxygen atoms in total. The number of carbonyl (C=O) groups excluding carboxylic acids is 1. The van der Waals surface area contributed by atoms with Gasteiger partial charge in [0.25, 0.3) is 0 Å². The Hall–Kier alpha value is -1.55. The molecule has 0 radical (unpaired) electrons. The number of aliphatic hydroxyl groups is 1. The minimum absolute atomic E-state index is 0.0786. The quantitative estimate of drug-likeness (QED) is 0.751. The van der Waals surface area contributed by atoms with Crippen LogP contribution in [-0.2, 0) is 0 Å². The van der Waals surface area contributed by atoms with Crippen LogP contribution in [0, 0.1) is 6.92 Å². The number of carbonyl (C=O) groups is 1. The standard InChI is InChI=1S/C13H20N2O2/c1-4-13(3,9-16)15-12(17)14-11-7-5-10(2)6-8-11/h5-8,16H,4,9H2,1-3H3,(H2,14,15,17). The Morgan fingerprint density at radius 2 is 1.94 bits per heavy atom. The molecule has 0 heterocycles. The average Bonchev–Trinajstić information content (AvgIpc) is 2.32. The van der Waals surface area contributed by atoms with E-state index >= 15 is 0 Å². The molecule has 1 rings (SSSR count). The van der Waals surface area contributed by atoms with Crippen LogP contribution in [0.2, 0.25) is 0 Å². The predicted molar refractivity (Wildman–Crippen MR) is 69.1 cm³/mol. The van der Waals surface area contributed by atoms with E-state index in [0.29, 0.717) is 6.42 Å². The first-order valence-corrected chi connectivity index (χ1v) is 5.76.